The molecule has 658 valence electrons. The van der Waals surface area contributed by atoms with Gasteiger partial charge in [0.2, 0.25) is 0 Å². The molecule has 0 saturated carbocycles. The van der Waals surface area contributed by atoms with Crippen molar-refractivity contribution < 1.29 is 4.42 Å². The Morgan fingerprint density at radius 3 is 0.915 bits per heavy atom. The fraction of sp³-hybridized carbons (Fsp3) is 0. The van der Waals surface area contributed by atoms with Gasteiger partial charge in [0.25, 0.3) is 0 Å². The highest BCUT2D eigenvalue weighted by Crippen LogP contribution is 2.51. The predicted molar refractivity (Wildman–Crippen MR) is 595 cm³/mol. The summed E-state index contributed by atoms with van der Waals surface area (Å²) in [6, 6.07) is 159. The summed E-state index contributed by atoms with van der Waals surface area (Å²) < 4.78 is 22.3. The smallest absolute Gasteiger partial charge is 0.161 e. The Balaban J connectivity index is 0.000000102. The maximum Gasteiger partial charge on any atom is 0.161 e. The van der Waals surface area contributed by atoms with E-state index in [-0.39, 0.29) is 0 Å². The summed E-state index contributed by atoms with van der Waals surface area (Å²) >= 11 is 7.05. The van der Waals surface area contributed by atoms with Gasteiger partial charge in [-0.25, -0.2) is 29.9 Å². The molecule has 0 atom stereocenters. The maximum absolute atomic E-state index is 6.35. The Hall–Kier alpha value is -17.7. The van der Waals surface area contributed by atoms with Crippen LogP contribution in [0.15, 0.2) is 453 Å². The highest BCUT2D eigenvalue weighted by atomic mass is 32.1. The summed E-state index contributed by atoms with van der Waals surface area (Å²) in [4.78, 5) is 34.1. The summed E-state index contributed by atoms with van der Waals surface area (Å²) in [6.07, 6.45) is 0. The first-order valence-corrected chi connectivity index (χ1v) is 50.5. The Morgan fingerprint density at radius 1 is 0.170 bits per heavy atom. The van der Waals surface area contributed by atoms with Crippen LogP contribution in [0.3, 0.4) is 0 Å². The quantitative estimate of drug-likeness (QED) is 0.134. The van der Waals surface area contributed by atoms with Gasteiger partial charge in [-0.05, 0) is 127 Å². The van der Waals surface area contributed by atoms with E-state index in [1.54, 1.807) is 34.0 Å². The van der Waals surface area contributed by atoms with Crippen molar-refractivity contribution in [3.8, 4) is 90.7 Å². The summed E-state index contributed by atoms with van der Waals surface area (Å²) in [5.41, 5.74) is 24.8. The number of rotatable bonds is 10. The molecule has 0 saturated heterocycles. The molecule has 12 heterocycles. The second-order valence-corrected chi connectivity index (χ2v) is 39.9. The van der Waals surface area contributed by atoms with Crippen molar-refractivity contribution in [1.82, 2.24) is 48.2 Å². The fourth-order valence-corrected chi connectivity index (χ4v) is 26.1. The molecule has 0 N–H and O–H groups in total. The van der Waals surface area contributed by atoms with Crippen LogP contribution >= 0.6 is 45.3 Å². The van der Waals surface area contributed by atoms with Gasteiger partial charge >= 0.3 is 0 Å². The van der Waals surface area contributed by atoms with Crippen LogP contribution in [-0.2, 0) is 0 Å². The molecule has 0 aliphatic carbocycles. The highest BCUT2D eigenvalue weighted by molar-refractivity contribution is 7.27. The van der Waals surface area contributed by atoms with Crippen LogP contribution in [0.5, 0.6) is 0 Å². The fourth-order valence-electron chi connectivity index (χ4n) is 21.7. The molecular formula is C126H74N10OS4. The summed E-state index contributed by atoms with van der Waals surface area (Å²) in [5.74, 6) is 2.22. The van der Waals surface area contributed by atoms with Crippen molar-refractivity contribution in [2.45, 2.75) is 0 Å². The number of benzene rings is 19. The standard InChI is InChI=1S/C46H28N4S.C40H23N3OS.C40H23N3S2/c1-3-14-29(15-4-1)45-47-43(42-36-22-9-12-25-40(36)51-46(42)48-45)30-16-13-19-32(28-30)50-37-23-10-7-20-33(37)34-26-27-39-41(44(34)50)35-21-8-11-24-38(35)49(39)31-17-5-2-6-18-31;1-2-11-24(12-3-1)39-41-37(36-30-17-6-9-20-34(30)45-40(36)42-39)25-13-10-14-26(23-25)43-31-18-7-4-15-27(31)28-21-22-33-35(38(28)43)29-16-5-8-19-32(29)44-33;1-2-11-24(12-3-1)39-41-37(36-30-17-6-9-20-33(30)45-40(36)42-39)25-13-10-14-26(23-25)43-31-18-7-4-15-27(31)28-21-22-34-35(38(28)43)29-16-5-8-19-32(29)44-34/h1-28H;2*1-23H. The molecule has 31 rings (SSSR count). The molecule has 0 spiro atoms. The SMILES string of the molecule is c1ccc(-c2nc(-c3cccc(-n4c5ccccc5c5ccc6c(c7ccccc7n6-c6ccccc6)c54)c3)c3c(n2)sc2ccccc23)cc1.c1ccc(-c2nc(-c3cccc(-n4c5ccccc5c5ccc6oc7ccccc7c6c54)c3)c3c(n2)sc2ccccc23)cc1.c1ccc(-c2nc(-c3cccc(-n4c5ccccc5c5ccc6sc7ccccc7c6c54)c3)c3c(n2)sc2ccccc23)cc1. The molecule has 19 aromatic carbocycles. The lowest BCUT2D eigenvalue weighted by Crippen LogP contribution is -1.97. The van der Waals surface area contributed by atoms with E-state index >= 15 is 0 Å². The van der Waals surface area contributed by atoms with E-state index in [0.29, 0.717) is 0 Å². The van der Waals surface area contributed by atoms with Crippen LogP contribution in [0, 0.1) is 0 Å². The molecule has 0 radical (unpaired) electrons. The molecule has 0 aliphatic heterocycles. The molecule has 0 bridgehead atoms. The summed E-state index contributed by atoms with van der Waals surface area (Å²) in [6.45, 7) is 0. The van der Waals surface area contributed by atoms with E-state index in [0.717, 1.165) is 154 Å². The number of fused-ring (bicyclic) bond motifs is 30. The largest absolute Gasteiger partial charge is 0.456 e. The molecular weight excluding hydrogens is 1800 g/mol. The maximum atomic E-state index is 6.35. The van der Waals surface area contributed by atoms with Crippen molar-refractivity contribution in [2.75, 3.05) is 0 Å². The lowest BCUT2D eigenvalue weighted by atomic mass is 10.0. The van der Waals surface area contributed by atoms with E-state index < -0.39 is 0 Å². The van der Waals surface area contributed by atoms with E-state index in [9.17, 15) is 0 Å². The third-order valence-electron chi connectivity index (χ3n) is 27.8. The van der Waals surface area contributed by atoms with Crippen molar-refractivity contribution >= 4 is 236 Å². The normalized spacial score (nSPS) is 12.0. The number of para-hydroxylation sites is 6. The minimum atomic E-state index is 0.735. The number of thiophene rings is 4. The van der Waals surface area contributed by atoms with Crippen molar-refractivity contribution in [3.63, 3.8) is 0 Å². The second-order valence-electron chi connectivity index (χ2n) is 35.7. The van der Waals surface area contributed by atoms with Crippen molar-refractivity contribution in [1.29, 1.82) is 0 Å². The van der Waals surface area contributed by atoms with Gasteiger partial charge in [-0.2, -0.15) is 0 Å². The molecule has 12 aromatic heterocycles. The Kier molecular flexibility index (Phi) is 18.6. The number of hydrogen-bond acceptors (Lipinski definition) is 11. The molecule has 0 aliphatic rings. The number of nitrogens with zero attached hydrogens (tertiary/aromatic N) is 10. The number of aromatic nitrogens is 10. The summed E-state index contributed by atoms with van der Waals surface area (Å²) in [5, 5.41) is 21.6. The van der Waals surface area contributed by atoms with Crippen LogP contribution in [0.1, 0.15) is 0 Å². The first-order valence-electron chi connectivity index (χ1n) is 47.2. The van der Waals surface area contributed by atoms with E-state index in [1.165, 1.54) is 127 Å². The Bertz CT molecular complexity index is 10200. The van der Waals surface area contributed by atoms with Crippen LogP contribution in [0.2, 0.25) is 0 Å². The zero-order chi connectivity index (χ0) is 92.4. The van der Waals surface area contributed by atoms with Gasteiger partial charge in [-0.3, -0.25) is 0 Å². The van der Waals surface area contributed by atoms with Gasteiger partial charge in [-0.1, -0.05) is 322 Å². The zero-order valence-electron chi connectivity index (χ0n) is 75.2. The number of furan rings is 1. The number of hydrogen-bond donors (Lipinski definition) is 0. The first kappa shape index (κ1) is 80.6. The van der Waals surface area contributed by atoms with Crippen LogP contribution in [0.25, 0.3) is 281 Å². The average molecular weight is 1870 g/mol. The molecule has 0 fully saturated rings. The third-order valence-corrected chi connectivity index (χ3v) is 32.1. The third kappa shape index (κ3) is 12.9. The van der Waals surface area contributed by atoms with Crippen LogP contribution in [0.4, 0.5) is 0 Å². The van der Waals surface area contributed by atoms with Crippen molar-refractivity contribution in [3.05, 3.63) is 449 Å². The second kappa shape index (κ2) is 32.5. The molecule has 141 heavy (non-hydrogen) atoms. The van der Waals surface area contributed by atoms with E-state index in [2.05, 4.69) is 400 Å². The molecule has 31 aromatic rings. The first-order chi connectivity index (χ1) is 69.9. The van der Waals surface area contributed by atoms with Gasteiger partial charge in [0.05, 0.1) is 66.6 Å². The Morgan fingerprint density at radius 2 is 0.482 bits per heavy atom. The lowest BCUT2D eigenvalue weighted by molar-refractivity contribution is 0.669. The topological polar surface area (TPSA) is 110 Å². The van der Waals surface area contributed by atoms with Gasteiger partial charge in [0.1, 0.15) is 25.7 Å². The minimum absolute atomic E-state index is 0.735. The molecule has 0 unspecified atom stereocenters. The lowest BCUT2D eigenvalue weighted by Gasteiger charge is -2.13. The van der Waals surface area contributed by atoms with Gasteiger partial charge < -0.3 is 22.7 Å². The van der Waals surface area contributed by atoms with Crippen LogP contribution < -0.4 is 0 Å². The van der Waals surface area contributed by atoms with Gasteiger partial charge in [0.15, 0.2) is 17.5 Å². The highest BCUT2D eigenvalue weighted by Gasteiger charge is 2.28. The van der Waals surface area contributed by atoms with E-state index in [4.69, 9.17) is 34.3 Å². The average Bonchev–Trinajstić information content (AvgIpc) is 1.94. The summed E-state index contributed by atoms with van der Waals surface area (Å²) in [7, 11) is 0. The molecule has 0 amide bonds. The predicted octanol–water partition coefficient (Wildman–Crippen LogP) is 35.2. The zero-order valence-corrected chi connectivity index (χ0v) is 78.5. The van der Waals surface area contributed by atoms with Gasteiger partial charge in [-0.15, -0.1) is 45.3 Å². The monoisotopic (exact) mass is 1870 g/mol. The van der Waals surface area contributed by atoms with Crippen LogP contribution in [-0.4, -0.2) is 48.2 Å². The van der Waals surface area contributed by atoms with Gasteiger partial charge in [0, 0.05) is 171 Å². The molecule has 15 heteroatoms. The van der Waals surface area contributed by atoms with E-state index in [1.807, 2.05) is 78.1 Å². The van der Waals surface area contributed by atoms with Crippen molar-refractivity contribution in [2.24, 2.45) is 0 Å². The molecule has 11 nitrogen and oxygen atoms in total. The Labute approximate surface area is 821 Å². The minimum Gasteiger partial charge on any atom is -0.456 e.